The number of benzene rings is 1. The molecule has 2 nitrogen and oxygen atoms in total. The predicted octanol–water partition coefficient (Wildman–Crippen LogP) is -0.845. The van der Waals surface area contributed by atoms with Crippen LogP contribution in [-0.4, -0.2) is 11.1 Å². The fourth-order valence-electron chi connectivity index (χ4n) is 0.592. The quantitative estimate of drug-likeness (QED) is 0.550. The van der Waals surface area contributed by atoms with Crippen LogP contribution in [0, 0.1) is 0 Å². The second kappa shape index (κ2) is 4.45. The summed E-state index contributed by atoms with van der Waals surface area (Å²) in [6, 6.07) is 6.02. The van der Waals surface area contributed by atoms with Gasteiger partial charge in [0.15, 0.2) is 0 Å². The Morgan fingerprint density at radius 1 is 1.36 bits per heavy atom. The molecule has 0 fully saturated rings. The molecular weight excluding hydrogens is 158 g/mol. The van der Waals surface area contributed by atoms with Gasteiger partial charge in [-0.2, -0.15) is 0 Å². The van der Waals surface area contributed by atoms with E-state index in [-0.39, 0.29) is 25.9 Å². The van der Waals surface area contributed by atoms with Crippen molar-refractivity contribution in [1.29, 1.82) is 0 Å². The standard InChI is InChI=1S/C7H5ClO2.Li.H/c8-6-3-1-5(2-4-6)7(9)10;;/h1-4H,(H,9,10);;/q;+1;-1. The van der Waals surface area contributed by atoms with Crippen LogP contribution in [0.5, 0.6) is 0 Å². The molecule has 1 N–H and O–H groups in total. The van der Waals surface area contributed by atoms with Gasteiger partial charge in [-0.25, -0.2) is 4.79 Å². The number of rotatable bonds is 1. The van der Waals surface area contributed by atoms with Crippen molar-refractivity contribution in [3.8, 4) is 0 Å². The van der Waals surface area contributed by atoms with Crippen LogP contribution in [0.15, 0.2) is 24.3 Å². The van der Waals surface area contributed by atoms with Crippen LogP contribution >= 0.6 is 11.6 Å². The molecule has 0 aliphatic rings. The molecule has 11 heavy (non-hydrogen) atoms. The molecule has 0 spiro atoms. The van der Waals surface area contributed by atoms with E-state index in [0.29, 0.717) is 5.02 Å². The monoisotopic (exact) mass is 164 g/mol. The van der Waals surface area contributed by atoms with E-state index in [0.717, 1.165) is 0 Å². The van der Waals surface area contributed by atoms with Crippen molar-refractivity contribution >= 4 is 17.6 Å². The number of hydrogen-bond acceptors (Lipinski definition) is 1. The maximum absolute atomic E-state index is 10.3. The number of carboxylic acids is 1. The van der Waals surface area contributed by atoms with E-state index in [1.165, 1.54) is 12.1 Å². The third-order valence-electron chi connectivity index (χ3n) is 1.09. The Labute approximate surface area is 82.8 Å². The Balaban J connectivity index is 0. The third-order valence-corrected chi connectivity index (χ3v) is 1.34. The van der Waals surface area contributed by atoms with Crippen LogP contribution < -0.4 is 18.9 Å². The maximum Gasteiger partial charge on any atom is 1.00 e. The molecule has 1 rings (SSSR count). The first-order valence-corrected chi connectivity index (χ1v) is 3.07. The minimum Gasteiger partial charge on any atom is -1.00 e. The van der Waals surface area contributed by atoms with Gasteiger partial charge in [-0.15, -0.1) is 0 Å². The zero-order valence-electron chi connectivity index (χ0n) is 7.04. The van der Waals surface area contributed by atoms with E-state index in [1.54, 1.807) is 12.1 Å². The van der Waals surface area contributed by atoms with Crippen molar-refractivity contribution < 1.29 is 30.2 Å². The van der Waals surface area contributed by atoms with Gasteiger partial charge in [0.1, 0.15) is 0 Å². The van der Waals surface area contributed by atoms with Gasteiger partial charge in [-0.1, -0.05) is 11.6 Å². The number of hydrogen-bond donors (Lipinski definition) is 1. The second-order valence-corrected chi connectivity index (χ2v) is 2.25. The van der Waals surface area contributed by atoms with Gasteiger partial charge in [0.2, 0.25) is 0 Å². The van der Waals surface area contributed by atoms with Gasteiger partial charge in [0.25, 0.3) is 0 Å². The average Bonchev–Trinajstić information content (AvgIpc) is 1.88. The molecule has 1 aromatic carbocycles. The first kappa shape index (κ1) is 10.6. The molecule has 0 unspecified atom stereocenters. The molecule has 0 atom stereocenters. The van der Waals surface area contributed by atoms with Gasteiger partial charge >= 0.3 is 24.8 Å². The van der Waals surface area contributed by atoms with Crippen molar-refractivity contribution in [3.05, 3.63) is 34.9 Å². The number of aromatic carboxylic acids is 1. The van der Waals surface area contributed by atoms with Crippen molar-refractivity contribution in [2.24, 2.45) is 0 Å². The van der Waals surface area contributed by atoms with Crippen molar-refractivity contribution in [1.82, 2.24) is 0 Å². The molecule has 0 heterocycles. The molecule has 0 aromatic heterocycles. The fourth-order valence-corrected chi connectivity index (χ4v) is 0.718. The Bertz CT molecular complexity index is 250. The SMILES string of the molecule is O=C(O)c1ccc(Cl)cc1.[H-].[Li+]. The number of carbonyl (C=O) groups is 1. The van der Waals surface area contributed by atoms with E-state index in [9.17, 15) is 4.79 Å². The first-order chi connectivity index (χ1) is 4.70. The normalized spacial score (nSPS) is 8.45. The summed E-state index contributed by atoms with van der Waals surface area (Å²) in [7, 11) is 0. The van der Waals surface area contributed by atoms with E-state index in [2.05, 4.69) is 0 Å². The maximum atomic E-state index is 10.3. The Kier molecular flexibility index (Phi) is 4.28. The Morgan fingerprint density at radius 3 is 2.18 bits per heavy atom. The summed E-state index contributed by atoms with van der Waals surface area (Å²) in [5.41, 5.74) is 0.254. The van der Waals surface area contributed by atoms with E-state index in [1.807, 2.05) is 0 Å². The first-order valence-electron chi connectivity index (χ1n) is 2.69. The Morgan fingerprint density at radius 2 is 1.82 bits per heavy atom. The van der Waals surface area contributed by atoms with Gasteiger partial charge in [-0.3, -0.25) is 0 Å². The summed E-state index contributed by atoms with van der Waals surface area (Å²) >= 11 is 5.52. The van der Waals surface area contributed by atoms with E-state index >= 15 is 0 Å². The van der Waals surface area contributed by atoms with Crippen LogP contribution in [0.3, 0.4) is 0 Å². The molecule has 0 bridgehead atoms. The van der Waals surface area contributed by atoms with Crippen LogP contribution in [0.2, 0.25) is 5.02 Å². The number of halogens is 1. The molecule has 4 heteroatoms. The molecular formula is C7H6ClLiO2. The van der Waals surface area contributed by atoms with Crippen LogP contribution in [-0.2, 0) is 0 Å². The van der Waals surface area contributed by atoms with Crippen LogP contribution in [0.1, 0.15) is 11.8 Å². The topological polar surface area (TPSA) is 37.3 Å². The fraction of sp³-hybridized carbons (Fsp3) is 0. The van der Waals surface area contributed by atoms with Crippen molar-refractivity contribution in [3.63, 3.8) is 0 Å². The summed E-state index contributed by atoms with van der Waals surface area (Å²) < 4.78 is 0. The zero-order valence-corrected chi connectivity index (χ0v) is 6.80. The van der Waals surface area contributed by atoms with Crippen molar-refractivity contribution in [2.75, 3.05) is 0 Å². The van der Waals surface area contributed by atoms with Gasteiger partial charge in [0, 0.05) is 5.02 Å². The largest absolute Gasteiger partial charge is 1.00 e. The summed E-state index contributed by atoms with van der Waals surface area (Å²) in [6.07, 6.45) is 0. The minimum absolute atomic E-state index is 0. The summed E-state index contributed by atoms with van der Waals surface area (Å²) in [5, 5.41) is 8.98. The average molecular weight is 165 g/mol. The van der Waals surface area contributed by atoms with Crippen molar-refractivity contribution in [2.45, 2.75) is 0 Å². The number of carboxylic acid groups (broad SMARTS) is 1. The summed E-state index contributed by atoms with van der Waals surface area (Å²) in [5.74, 6) is -0.934. The molecule has 0 saturated heterocycles. The second-order valence-electron chi connectivity index (χ2n) is 1.81. The smallest absolute Gasteiger partial charge is 1.00 e. The molecule has 0 aliphatic carbocycles. The van der Waals surface area contributed by atoms with E-state index < -0.39 is 5.97 Å². The molecule has 0 amide bonds. The zero-order chi connectivity index (χ0) is 7.56. The molecule has 0 radical (unpaired) electrons. The van der Waals surface area contributed by atoms with Crippen LogP contribution in [0.25, 0.3) is 0 Å². The van der Waals surface area contributed by atoms with Gasteiger partial charge in [-0.05, 0) is 24.3 Å². The van der Waals surface area contributed by atoms with Gasteiger partial charge in [0.05, 0.1) is 5.56 Å². The molecule has 0 saturated carbocycles. The van der Waals surface area contributed by atoms with E-state index in [4.69, 9.17) is 16.7 Å². The summed E-state index contributed by atoms with van der Waals surface area (Å²) in [6.45, 7) is 0. The molecule has 54 valence electrons. The minimum atomic E-state index is -0.934. The van der Waals surface area contributed by atoms with Gasteiger partial charge < -0.3 is 6.53 Å². The third kappa shape index (κ3) is 2.98. The Hall–Kier alpha value is -0.423. The molecule has 0 aliphatic heterocycles. The molecule has 1 aromatic rings. The predicted molar refractivity (Wildman–Crippen MR) is 39.5 cm³/mol. The summed E-state index contributed by atoms with van der Waals surface area (Å²) in [4.78, 5) is 10.3. The van der Waals surface area contributed by atoms with Crippen LogP contribution in [0.4, 0.5) is 0 Å².